The molecule has 2 rings (SSSR count). The quantitative estimate of drug-likeness (QED) is 0.869. The molecule has 0 unspecified atom stereocenters. The summed E-state index contributed by atoms with van der Waals surface area (Å²) in [6.45, 7) is 7.35. The average molecular weight is 231 g/mol. The Hall–Kier alpha value is -1.51. The molecule has 92 valence electrons. The van der Waals surface area contributed by atoms with Crippen molar-refractivity contribution in [1.29, 1.82) is 0 Å². The van der Waals surface area contributed by atoms with Crippen LogP contribution in [0.1, 0.15) is 32.3 Å². The highest BCUT2D eigenvalue weighted by atomic mass is 15.4. The molecule has 0 saturated heterocycles. The second kappa shape index (κ2) is 4.40. The minimum Gasteiger partial charge on any atom is -0.369 e. The highest BCUT2D eigenvalue weighted by Gasteiger charge is 2.40. The number of guanidine groups is 1. The Balaban J connectivity index is 2.48. The van der Waals surface area contributed by atoms with Gasteiger partial charge < -0.3 is 10.6 Å². The number of nitrogens with two attached hydrogens (primary N) is 1. The summed E-state index contributed by atoms with van der Waals surface area (Å²) in [6.07, 6.45) is 2.12. The van der Waals surface area contributed by atoms with Crippen LogP contribution in [0.2, 0.25) is 0 Å². The van der Waals surface area contributed by atoms with Crippen LogP contribution < -0.4 is 10.6 Å². The van der Waals surface area contributed by atoms with E-state index in [4.69, 9.17) is 5.73 Å². The molecule has 3 heteroatoms. The van der Waals surface area contributed by atoms with Gasteiger partial charge in [0.15, 0.2) is 5.96 Å². The topological polar surface area (TPSA) is 41.6 Å². The van der Waals surface area contributed by atoms with Gasteiger partial charge in [-0.1, -0.05) is 32.0 Å². The molecule has 0 radical (unpaired) electrons. The van der Waals surface area contributed by atoms with Gasteiger partial charge in [-0.3, -0.25) is 4.99 Å². The highest BCUT2D eigenvalue weighted by Crippen LogP contribution is 2.35. The van der Waals surface area contributed by atoms with E-state index in [0.717, 1.165) is 19.4 Å². The zero-order valence-electron chi connectivity index (χ0n) is 10.9. The van der Waals surface area contributed by atoms with Gasteiger partial charge in [-0.05, 0) is 31.4 Å². The first kappa shape index (κ1) is 12.0. The number of rotatable bonds is 3. The molecule has 0 fully saturated rings. The molecule has 17 heavy (non-hydrogen) atoms. The number of aliphatic imine (C=N–C) groups is 1. The monoisotopic (exact) mass is 231 g/mol. The first-order valence-electron chi connectivity index (χ1n) is 6.30. The van der Waals surface area contributed by atoms with E-state index in [1.54, 1.807) is 0 Å². The number of hydrogen-bond donors (Lipinski definition) is 1. The van der Waals surface area contributed by atoms with E-state index in [-0.39, 0.29) is 5.54 Å². The summed E-state index contributed by atoms with van der Waals surface area (Å²) in [5.74, 6) is 0.656. The van der Waals surface area contributed by atoms with E-state index in [0.29, 0.717) is 5.96 Å². The summed E-state index contributed by atoms with van der Waals surface area (Å²) in [5.41, 5.74) is 8.59. The molecule has 0 aromatic heterocycles. The first-order valence-corrected chi connectivity index (χ1v) is 6.30. The number of hydrogen-bond acceptors (Lipinski definition) is 3. The Morgan fingerprint density at radius 3 is 2.53 bits per heavy atom. The summed E-state index contributed by atoms with van der Waals surface area (Å²) >= 11 is 0. The van der Waals surface area contributed by atoms with Gasteiger partial charge in [0.2, 0.25) is 0 Å². The van der Waals surface area contributed by atoms with Gasteiger partial charge in [-0.25, -0.2) is 0 Å². The molecule has 1 aromatic carbocycles. The van der Waals surface area contributed by atoms with Gasteiger partial charge >= 0.3 is 0 Å². The first-order chi connectivity index (χ1) is 8.14. The summed E-state index contributed by atoms with van der Waals surface area (Å²) < 4.78 is 0. The normalized spacial score (nSPS) is 18.3. The van der Waals surface area contributed by atoms with E-state index in [2.05, 4.69) is 54.9 Å². The smallest absolute Gasteiger partial charge is 0.196 e. The van der Waals surface area contributed by atoms with Crippen LogP contribution in [0.5, 0.6) is 0 Å². The predicted molar refractivity (Wildman–Crippen MR) is 73.5 cm³/mol. The molecule has 0 saturated carbocycles. The Bertz CT molecular complexity index is 433. The van der Waals surface area contributed by atoms with Gasteiger partial charge in [0.05, 0.1) is 12.1 Å². The third kappa shape index (κ3) is 1.79. The molecule has 0 atom stereocenters. The van der Waals surface area contributed by atoms with Crippen molar-refractivity contribution >= 4 is 11.6 Å². The van der Waals surface area contributed by atoms with Crippen LogP contribution in [-0.2, 0) is 0 Å². The third-order valence-electron chi connectivity index (χ3n) is 3.91. The maximum atomic E-state index is 6.08. The minimum atomic E-state index is 0.0657. The molecule has 0 aliphatic carbocycles. The number of para-hydroxylation sites is 1. The maximum Gasteiger partial charge on any atom is 0.196 e. The van der Waals surface area contributed by atoms with Crippen molar-refractivity contribution in [3.8, 4) is 0 Å². The Labute approximate surface area is 103 Å². The maximum absolute atomic E-state index is 6.08. The molecule has 0 spiro atoms. The number of aryl methyl sites for hydroxylation is 1. The lowest BCUT2D eigenvalue weighted by molar-refractivity contribution is 0.426. The number of benzene rings is 1. The lowest BCUT2D eigenvalue weighted by atomic mass is 9.91. The fraction of sp³-hybridized carbons (Fsp3) is 0.500. The second-order valence-corrected chi connectivity index (χ2v) is 4.73. The largest absolute Gasteiger partial charge is 0.369 e. The highest BCUT2D eigenvalue weighted by molar-refractivity contribution is 5.98. The molecule has 1 heterocycles. The zero-order chi connectivity index (χ0) is 12.5. The van der Waals surface area contributed by atoms with Crippen molar-refractivity contribution < 1.29 is 0 Å². The van der Waals surface area contributed by atoms with E-state index in [9.17, 15) is 0 Å². The van der Waals surface area contributed by atoms with Crippen molar-refractivity contribution in [2.24, 2.45) is 10.7 Å². The van der Waals surface area contributed by atoms with Crippen molar-refractivity contribution in [1.82, 2.24) is 0 Å². The molecule has 1 aromatic rings. The summed E-state index contributed by atoms with van der Waals surface area (Å²) in [5, 5.41) is 0. The average Bonchev–Trinajstić information content (AvgIpc) is 2.68. The van der Waals surface area contributed by atoms with Crippen molar-refractivity contribution in [3.63, 3.8) is 0 Å². The molecule has 0 amide bonds. The number of nitrogens with zero attached hydrogens (tertiary/aromatic N) is 2. The molecule has 1 aliphatic heterocycles. The van der Waals surface area contributed by atoms with Gasteiger partial charge in [0.25, 0.3) is 0 Å². The standard InChI is InChI=1S/C14H21N3/c1-4-14(5-2)10-16-13(15)17(14)12-9-7-6-8-11(12)3/h6-9H,4-5,10H2,1-3H3,(H2,15,16). The van der Waals surface area contributed by atoms with Gasteiger partial charge in [-0.2, -0.15) is 0 Å². The lowest BCUT2D eigenvalue weighted by Crippen LogP contribution is -2.51. The van der Waals surface area contributed by atoms with E-state index < -0.39 is 0 Å². The zero-order valence-corrected chi connectivity index (χ0v) is 10.9. The van der Waals surface area contributed by atoms with Crippen LogP contribution in [0.15, 0.2) is 29.3 Å². The Kier molecular flexibility index (Phi) is 3.09. The van der Waals surface area contributed by atoms with Crippen LogP contribution in [-0.4, -0.2) is 18.0 Å². The molecule has 3 nitrogen and oxygen atoms in total. The van der Waals surface area contributed by atoms with Crippen LogP contribution in [0, 0.1) is 6.92 Å². The predicted octanol–water partition coefficient (Wildman–Crippen LogP) is 2.69. The van der Waals surface area contributed by atoms with Crippen LogP contribution >= 0.6 is 0 Å². The van der Waals surface area contributed by atoms with Crippen LogP contribution in [0.25, 0.3) is 0 Å². The summed E-state index contributed by atoms with van der Waals surface area (Å²) in [6, 6.07) is 8.37. The summed E-state index contributed by atoms with van der Waals surface area (Å²) in [4.78, 5) is 6.68. The van der Waals surface area contributed by atoms with Crippen molar-refractivity contribution in [2.45, 2.75) is 39.2 Å². The van der Waals surface area contributed by atoms with Crippen molar-refractivity contribution in [3.05, 3.63) is 29.8 Å². The van der Waals surface area contributed by atoms with E-state index >= 15 is 0 Å². The van der Waals surface area contributed by atoms with E-state index in [1.807, 2.05) is 0 Å². The molecular weight excluding hydrogens is 210 g/mol. The third-order valence-corrected chi connectivity index (χ3v) is 3.91. The fourth-order valence-electron chi connectivity index (χ4n) is 2.60. The van der Waals surface area contributed by atoms with Crippen LogP contribution in [0.4, 0.5) is 5.69 Å². The van der Waals surface area contributed by atoms with Gasteiger partial charge in [0, 0.05) is 5.69 Å². The second-order valence-electron chi connectivity index (χ2n) is 4.73. The molecular formula is C14H21N3. The van der Waals surface area contributed by atoms with Crippen molar-refractivity contribution in [2.75, 3.05) is 11.4 Å². The number of anilines is 1. The van der Waals surface area contributed by atoms with Crippen LogP contribution in [0.3, 0.4) is 0 Å². The SMILES string of the molecule is CCC1(CC)CN=C(N)N1c1ccccc1C. The van der Waals surface area contributed by atoms with Gasteiger partial charge in [-0.15, -0.1) is 0 Å². The molecule has 2 N–H and O–H groups in total. The molecule has 1 aliphatic rings. The Morgan fingerprint density at radius 2 is 1.94 bits per heavy atom. The van der Waals surface area contributed by atoms with E-state index in [1.165, 1.54) is 11.3 Å². The minimum absolute atomic E-state index is 0.0657. The molecule has 0 bridgehead atoms. The summed E-state index contributed by atoms with van der Waals surface area (Å²) in [7, 11) is 0. The van der Waals surface area contributed by atoms with Gasteiger partial charge in [0.1, 0.15) is 0 Å². The lowest BCUT2D eigenvalue weighted by Gasteiger charge is -2.38. The fourth-order valence-corrected chi connectivity index (χ4v) is 2.60. The Morgan fingerprint density at radius 1 is 1.29 bits per heavy atom.